The standard InChI is InChI=1S/C22H8Br2F6O14/c23-10-4-7(5-11(24)12(10)42-15(35)6-1-2-8(13(31)32)9(3-6)14(33)34)41-17(38)20(18(39)43-29,19(40)44-30)21(25,16(36)37)22(26,27)28/h1-5H,(H,31,32)(H,33,34)(H,36,37). The summed E-state index contributed by atoms with van der Waals surface area (Å²) < 4.78 is 89.7. The van der Waals surface area contributed by atoms with Gasteiger partial charge in [-0.3, -0.25) is 9.88 Å². The molecule has 3 N–H and O–H groups in total. The molecule has 2 aromatic carbocycles. The molecule has 0 aliphatic carbocycles. The van der Waals surface area contributed by atoms with E-state index >= 15 is 4.39 Å². The van der Waals surface area contributed by atoms with Crippen LogP contribution < -0.4 is 9.47 Å². The molecule has 236 valence electrons. The van der Waals surface area contributed by atoms with Crippen molar-refractivity contribution in [3.63, 3.8) is 0 Å². The summed E-state index contributed by atoms with van der Waals surface area (Å²) >= 11 is 5.53. The first-order valence-corrected chi connectivity index (χ1v) is 12.0. The number of aliphatic carboxylic acids is 1. The summed E-state index contributed by atoms with van der Waals surface area (Å²) in [6.07, 6.45) is -6.94. The molecule has 44 heavy (non-hydrogen) atoms. The van der Waals surface area contributed by atoms with Crippen molar-refractivity contribution in [3.05, 3.63) is 56.0 Å². The van der Waals surface area contributed by atoms with E-state index in [0.29, 0.717) is 18.2 Å². The molecule has 0 amide bonds. The predicted octanol–water partition coefficient (Wildman–Crippen LogP) is 3.93. The van der Waals surface area contributed by atoms with Gasteiger partial charge in [-0.05, 0) is 62.2 Å². The Morgan fingerprint density at radius 2 is 1.16 bits per heavy atom. The Kier molecular flexibility index (Phi) is 10.4. The van der Waals surface area contributed by atoms with E-state index < -0.39 is 96.2 Å². The molecule has 1 unspecified atom stereocenters. The van der Waals surface area contributed by atoms with Crippen LogP contribution in [0.15, 0.2) is 39.3 Å². The number of hydrogen-bond donors (Lipinski definition) is 3. The molecule has 0 heterocycles. The fraction of sp³-hybridized carbons (Fsp3) is 0.136. The van der Waals surface area contributed by atoms with E-state index in [4.69, 9.17) is 14.9 Å². The van der Waals surface area contributed by atoms with Crippen molar-refractivity contribution in [3.8, 4) is 11.5 Å². The minimum absolute atomic E-state index is 0.502. The molecule has 1 atom stereocenters. The molecule has 0 radical (unpaired) electrons. The Morgan fingerprint density at radius 3 is 1.55 bits per heavy atom. The van der Waals surface area contributed by atoms with Gasteiger partial charge in [0.2, 0.25) is 0 Å². The maximum atomic E-state index is 15.1. The zero-order chi connectivity index (χ0) is 33.9. The third-order valence-electron chi connectivity index (χ3n) is 5.35. The number of aromatic carboxylic acids is 2. The molecular weight excluding hydrogens is 762 g/mol. The number of halogens is 8. The third kappa shape index (κ3) is 6.02. The van der Waals surface area contributed by atoms with Crippen molar-refractivity contribution in [1.82, 2.24) is 0 Å². The van der Waals surface area contributed by atoms with E-state index in [9.17, 15) is 60.9 Å². The minimum atomic E-state index is -6.94. The highest BCUT2D eigenvalue weighted by atomic mass is 79.9. The Hall–Kier alpha value is -4.73. The second-order valence-electron chi connectivity index (χ2n) is 7.81. The van der Waals surface area contributed by atoms with Gasteiger partial charge in [-0.2, -0.15) is 13.2 Å². The number of benzene rings is 2. The zero-order valence-corrected chi connectivity index (χ0v) is 23.4. The van der Waals surface area contributed by atoms with Crippen LogP contribution in [-0.4, -0.2) is 68.9 Å². The van der Waals surface area contributed by atoms with Crippen LogP contribution in [0.4, 0.5) is 26.6 Å². The van der Waals surface area contributed by atoms with Gasteiger partial charge >= 0.3 is 59.0 Å². The van der Waals surface area contributed by atoms with Gasteiger partial charge in [0.05, 0.1) is 25.6 Å². The number of alkyl halides is 4. The van der Waals surface area contributed by atoms with Crippen LogP contribution in [0.5, 0.6) is 11.5 Å². The molecule has 0 aromatic heterocycles. The maximum absolute atomic E-state index is 15.1. The lowest BCUT2D eigenvalue weighted by atomic mass is 9.71. The van der Waals surface area contributed by atoms with E-state index in [0.717, 1.165) is 12.1 Å². The number of rotatable bonds is 10. The van der Waals surface area contributed by atoms with E-state index in [-0.39, 0.29) is 0 Å². The summed E-state index contributed by atoms with van der Waals surface area (Å²) in [6, 6.07) is 3.25. The minimum Gasteiger partial charge on any atom is -0.479 e. The Bertz CT molecular complexity index is 1550. The Morgan fingerprint density at radius 1 is 0.682 bits per heavy atom. The topological polar surface area (TPSA) is 217 Å². The number of hydrogen-bond acceptors (Lipinski definition) is 11. The average molecular weight is 770 g/mol. The lowest BCUT2D eigenvalue weighted by molar-refractivity contribution is -0.282. The highest BCUT2D eigenvalue weighted by Crippen LogP contribution is 2.50. The van der Waals surface area contributed by atoms with Crippen LogP contribution in [0.3, 0.4) is 0 Å². The average Bonchev–Trinajstić information content (AvgIpc) is 2.93. The van der Waals surface area contributed by atoms with Crippen molar-refractivity contribution in [2.24, 2.45) is 5.41 Å². The summed E-state index contributed by atoms with van der Waals surface area (Å²) in [5.41, 5.74) is -14.2. The molecular formula is C22H8Br2F6O14. The zero-order valence-electron chi connectivity index (χ0n) is 20.2. The van der Waals surface area contributed by atoms with Gasteiger partial charge in [-0.1, -0.05) is 0 Å². The van der Waals surface area contributed by atoms with Gasteiger partial charge in [0.25, 0.3) is 0 Å². The SMILES string of the molecule is O=C(Oc1c(Br)cc(OC(=O)C(C(=O)OF)(C(=O)OF)C(F)(C(=O)O)C(F)(F)F)cc1Br)c1ccc(C(=O)O)c(C(=O)O)c1. The van der Waals surface area contributed by atoms with Gasteiger partial charge in [-0.25, -0.2) is 38.0 Å². The second kappa shape index (κ2) is 12.9. The molecule has 2 aromatic rings. The number of ether oxygens (including phenoxy) is 2. The van der Waals surface area contributed by atoms with Crippen LogP contribution in [0.25, 0.3) is 0 Å². The molecule has 0 spiro atoms. The number of carbonyl (C=O) groups is 7. The molecule has 0 saturated carbocycles. The second-order valence-corrected chi connectivity index (χ2v) is 9.52. The first-order valence-electron chi connectivity index (χ1n) is 10.4. The predicted molar refractivity (Wildman–Crippen MR) is 127 cm³/mol. The third-order valence-corrected chi connectivity index (χ3v) is 6.53. The van der Waals surface area contributed by atoms with Crippen LogP contribution in [0, 0.1) is 5.41 Å². The quantitative estimate of drug-likeness (QED) is 0.135. The van der Waals surface area contributed by atoms with Crippen molar-refractivity contribution in [2.45, 2.75) is 11.8 Å². The molecule has 0 aliphatic heterocycles. The lowest BCUT2D eigenvalue weighted by Crippen LogP contribution is -2.71. The van der Waals surface area contributed by atoms with Crippen LogP contribution >= 0.6 is 31.9 Å². The molecule has 0 aliphatic rings. The van der Waals surface area contributed by atoms with Gasteiger partial charge < -0.3 is 24.8 Å². The van der Waals surface area contributed by atoms with Gasteiger partial charge in [-0.15, -0.1) is 0 Å². The van der Waals surface area contributed by atoms with Gasteiger partial charge in [0, 0.05) is 9.05 Å². The number of carboxylic acids is 3. The van der Waals surface area contributed by atoms with E-state index in [1.54, 1.807) is 0 Å². The van der Waals surface area contributed by atoms with E-state index in [1.165, 1.54) is 0 Å². The van der Waals surface area contributed by atoms with E-state index in [2.05, 4.69) is 46.5 Å². The largest absolute Gasteiger partial charge is 0.479 e. The monoisotopic (exact) mass is 768 g/mol. The van der Waals surface area contributed by atoms with Crippen molar-refractivity contribution in [2.75, 3.05) is 0 Å². The Labute approximate surface area is 253 Å². The highest BCUT2D eigenvalue weighted by molar-refractivity contribution is 9.11. The van der Waals surface area contributed by atoms with Crippen LogP contribution in [0.1, 0.15) is 31.1 Å². The number of carbonyl (C=O) groups excluding carboxylic acids is 4. The van der Waals surface area contributed by atoms with Gasteiger partial charge in [0.15, 0.2) is 5.75 Å². The van der Waals surface area contributed by atoms with Crippen molar-refractivity contribution in [1.29, 1.82) is 0 Å². The smallest absolute Gasteiger partial charge is 0.435 e. The lowest BCUT2D eigenvalue weighted by Gasteiger charge is -2.34. The summed E-state index contributed by atoms with van der Waals surface area (Å²) in [5.74, 6) is -20.6. The summed E-state index contributed by atoms with van der Waals surface area (Å²) in [5, 5.41) is 27.2. The molecule has 0 bridgehead atoms. The molecule has 14 nitrogen and oxygen atoms in total. The maximum Gasteiger partial charge on any atom is 0.435 e. The summed E-state index contributed by atoms with van der Waals surface area (Å²) in [6.45, 7) is 0. The highest BCUT2D eigenvalue weighted by Gasteiger charge is 2.86. The first-order chi connectivity index (χ1) is 20.2. The van der Waals surface area contributed by atoms with Crippen LogP contribution in [0.2, 0.25) is 0 Å². The van der Waals surface area contributed by atoms with Gasteiger partial charge in [0.1, 0.15) is 5.75 Å². The van der Waals surface area contributed by atoms with Crippen molar-refractivity contribution >= 4 is 73.6 Å². The molecule has 0 fully saturated rings. The number of carboxylic acid groups (broad SMARTS) is 3. The first kappa shape index (κ1) is 35.5. The normalized spacial score (nSPS) is 12.7. The van der Waals surface area contributed by atoms with Crippen molar-refractivity contribution < 1.29 is 94.9 Å². The molecule has 22 heteroatoms. The molecule has 2 rings (SSSR count). The summed E-state index contributed by atoms with van der Waals surface area (Å²) in [4.78, 5) is 87.6. The summed E-state index contributed by atoms with van der Waals surface area (Å²) in [7, 11) is 0. The van der Waals surface area contributed by atoms with Crippen LogP contribution in [-0.2, 0) is 29.1 Å². The fourth-order valence-electron chi connectivity index (χ4n) is 3.34. The Balaban J connectivity index is 2.60. The molecule has 0 saturated heterocycles. The number of esters is 2. The fourth-order valence-corrected chi connectivity index (χ4v) is 4.65. The van der Waals surface area contributed by atoms with E-state index in [1.807, 2.05) is 0 Å².